The van der Waals surface area contributed by atoms with Crippen LogP contribution in [-0.4, -0.2) is 28.5 Å². The molecule has 2 N–H and O–H groups in total. The molecule has 0 unspecified atom stereocenters. The molecule has 4 nitrogen and oxygen atoms in total. The molecule has 19 heavy (non-hydrogen) atoms. The summed E-state index contributed by atoms with van der Waals surface area (Å²) in [7, 11) is 0. The highest BCUT2D eigenvalue weighted by atomic mass is 32.2. The minimum Gasteiger partial charge on any atom is -0.481 e. The van der Waals surface area contributed by atoms with Crippen LogP contribution in [0.4, 0.5) is 4.39 Å². The molecule has 104 valence electrons. The number of hydrogen-bond acceptors (Lipinski definition) is 3. The topological polar surface area (TPSA) is 66.4 Å². The van der Waals surface area contributed by atoms with E-state index in [4.69, 9.17) is 5.11 Å². The third-order valence-electron chi connectivity index (χ3n) is 2.41. The van der Waals surface area contributed by atoms with E-state index in [1.165, 1.54) is 17.8 Å². The Bertz CT molecular complexity index is 465. The highest BCUT2D eigenvalue weighted by Gasteiger charge is 2.04. The number of benzene rings is 1. The van der Waals surface area contributed by atoms with Gasteiger partial charge < -0.3 is 10.4 Å². The summed E-state index contributed by atoms with van der Waals surface area (Å²) in [6.07, 6.45) is 0.0507. The lowest BCUT2D eigenvalue weighted by Crippen LogP contribution is -2.24. The molecule has 0 saturated heterocycles. The van der Waals surface area contributed by atoms with Crippen molar-refractivity contribution in [3.63, 3.8) is 0 Å². The van der Waals surface area contributed by atoms with E-state index >= 15 is 0 Å². The molecule has 0 heterocycles. The van der Waals surface area contributed by atoms with Gasteiger partial charge in [-0.3, -0.25) is 9.59 Å². The first-order chi connectivity index (χ1) is 8.99. The molecule has 0 fully saturated rings. The van der Waals surface area contributed by atoms with Crippen LogP contribution in [0.2, 0.25) is 0 Å². The number of amides is 1. The molecular formula is C13H16FNO3S. The van der Waals surface area contributed by atoms with Gasteiger partial charge in [-0.05, 0) is 24.1 Å². The van der Waals surface area contributed by atoms with Gasteiger partial charge in [-0.1, -0.05) is 12.1 Å². The van der Waals surface area contributed by atoms with E-state index < -0.39 is 5.97 Å². The van der Waals surface area contributed by atoms with Crippen LogP contribution in [0.15, 0.2) is 18.2 Å². The third-order valence-corrected chi connectivity index (χ3v) is 3.36. The SMILES string of the molecule is Cc1cc(CNC(=O)CSCCC(=O)O)ccc1F. The lowest BCUT2D eigenvalue weighted by Gasteiger charge is -2.06. The van der Waals surface area contributed by atoms with Crippen LogP contribution in [-0.2, 0) is 16.1 Å². The lowest BCUT2D eigenvalue weighted by molar-refractivity contribution is -0.136. The van der Waals surface area contributed by atoms with Crippen LogP contribution in [0, 0.1) is 12.7 Å². The molecule has 0 aromatic heterocycles. The van der Waals surface area contributed by atoms with Crippen molar-refractivity contribution < 1.29 is 19.1 Å². The lowest BCUT2D eigenvalue weighted by atomic mass is 10.1. The molecule has 0 radical (unpaired) electrons. The Morgan fingerprint density at radius 2 is 2.16 bits per heavy atom. The summed E-state index contributed by atoms with van der Waals surface area (Å²) in [5.74, 6) is -0.641. The van der Waals surface area contributed by atoms with Crippen LogP contribution in [0.3, 0.4) is 0 Å². The van der Waals surface area contributed by atoms with E-state index in [2.05, 4.69) is 5.32 Å². The fourth-order valence-corrected chi connectivity index (χ4v) is 2.14. The molecule has 0 spiro atoms. The smallest absolute Gasteiger partial charge is 0.304 e. The Morgan fingerprint density at radius 3 is 2.79 bits per heavy atom. The quantitative estimate of drug-likeness (QED) is 0.752. The van der Waals surface area contributed by atoms with Gasteiger partial charge in [0.05, 0.1) is 12.2 Å². The molecule has 6 heteroatoms. The summed E-state index contributed by atoms with van der Waals surface area (Å²) in [6, 6.07) is 4.69. The summed E-state index contributed by atoms with van der Waals surface area (Å²) >= 11 is 1.28. The minimum atomic E-state index is -0.866. The summed E-state index contributed by atoms with van der Waals surface area (Å²) in [5.41, 5.74) is 1.38. The second-order valence-corrected chi connectivity index (χ2v) is 5.16. The van der Waals surface area contributed by atoms with Gasteiger partial charge in [0.1, 0.15) is 5.82 Å². The maximum absolute atomic E-state index is 13.0. The van der Waals surface area contributed by atoms with Crippen molar-refractivity contribution in [3.8, 4) is 0 Å². The number of carbonyl (C=O) groups is 2. The zero-order valence-electron chi connectivity index (χ0n) is 10.6. The van der Waals surface area contributed by atoms with Crippen LogP contribution in [0.5, 0.6) is 0 Å². The van der Waals surface area contributed by atoms with Gasteiger partial charge in [-0.2, -0.15) is 11.8 Å². The third kappa shape index (κ3) is 6.24. The number of carboxylic acid groups (broad SMARTS) is 1. The number of aliphatic carboxylic acids is 1. The van der Waals surface area contributed by atoms with Crippen molar-refractivity contribution in [2.24, 2.45) is 0 Å². The largest absolute Gasteiger partial charge is 0.481 e. The van der Waals surface area contributed by atoms with Crippen molar-refractivity contribution >= 4 is 23.6 Å². The number of halogens is 1. The van der Waals surface area contributed by atoms with Gasteiger partial charge in [-0.25, -0.2) is 4.39 Å². The number of aryl methyl sites for hydroxylation is 1. The molecular weight excluding hydrogens is 269 g/mol. The maximum Gasteiger partial charge on any atom is 0.304 e. The van der Waals surface area contributed by atoms with E-state index in [9.17, 15) is 14.0 Å². The van der Waals surface area contributed by atoms with Crippen molar-refractivity contribution in [2.75, 3.05) is 11.5 Å². The van der Waals surface area contributed by atoms with Crippen LogP contribution in [0.25, 0.3) is 0 Å². The molecule has 1 rings (SSSR count). The van der Waals surface area contributed by atoms with Gasteiger partial charge in [0.15, 0.2) is 0 Å². The predicted molar refractivity (Wildman–Crippen MR) is 72.6 cm³/mol. The monoisotopic (exact) mass is 285 g/mol. The number of carbonyl (C=O) groups excluding carboxylic acids is 1. The Balaban J connectivity index is 2.26. The van der Waals surface area contributed by atoms with E-state index in [0.717, 1.165) is 5.56 Å². The van der Waals surface area contributed by atoms with E-state index in [1.54, 1.807) is 19.1 Å². The Labute approximate surface area is 115 Å². The first kappa shape index (κ1) is 15.5. The number of nitrogens with one attached hydrogen (secondary N) is 1. The zero-order chi connectivity index (χ0) is 14.3. The fourth-order valence-electron chi connectivity index (χ4n) is 1.39. The summed E-state index contributed by atoms with van der Waals surface area (Å²) in [6.45, 7) is 2.02. The molecule has 1 aromatic rings. The van der Waals surface area contributed by atoms with E-state index in [-0.39, 0.29) is 23.9 Å². The van der Waals surface area contributed by atoms with E-state index in [1.807, 2.05) is 0 Å². The maximum atomic E-state index is 13.0. The molecule has 0 saturated carbocycles. The molecule has 0 bridgehead atoms. The molecule has 0 aliphatic heterocycles. The van der Waals surface area contributed by atoms with Crippen LogP contribution in [0.1, 0.15) is 17.5 Å². The van der Waals surface area contributed by atoms with Crippen LogP contribution >= 0.6 is 11.8 Å². The predicted octanol–water partition coefficient (Wildman–Crippen LogP) is 1.96. The van der Waals surface area contributed by atoms with Gasteiger partial charge in [-0.15, -0.1) is 0 Å². The standard InChI is InChI=1S/C13H16FNO3S/c1-9-6-10(2-3-11(9)14)7-15-12(16)8-19-5-4-13(17)18/h2-3,6H,4-5,7-8H2,1H3,(H,15,16)(H,17,18). The molecule has 0 atom stereocenters. The molecule has 1 amide bonds. The number of hydrogen-bond donors (Lipinski definition) is 2. The summed E-state index contributed by atoms with van der Waals surface area (Å²) < 4.78 is 13.0. The second kappa shape index (κ2) is 7.78. The first-order valence-electron chi connectivity index (χ1n) is 5.80. The van der Waals surface area contributed by atoms with Crippen LogP contribution < -0.4 is 5.32 Å². The fraction of sp³-hybridized carbons (Fsp3) is 0.385. The zero-order valence-corrected chi connectivity index (χ0v) is 11.4. The summed E-state index contributed by atoms with van der Waals surface area (Å²) in [5, 5.41) is 11.1. The summed E-state index contributed by atoms with van der Waals surface area (Å²) in [4.78, 5) is 21.7. The van der Waals surface area contributed by atoms with Crippen molar-refractivity contribution in [1.82, 2.24) is 5.32 Å². The highest BCUT2D eigenvalue weighted by molar-refractivity contribution is 7.99. The van der Waals surface area contributed by atoms with Crippen molar-refractivity contribution in [3.05, 3.63) is 35.1 Å². The highest BCUT2D eigenvalue weighted by Crippen LogP contribution is 2.09. The Hall–Kier alpha value is -1.56. The average molecular weight is 285 g/mol. The molecule has 0 aliphatic carbocycles. The first-order valence-corrected chi connectivity index (χ1v) is 6.96. The molecule has 1 aromatic carbocycles. The number of thioether (sulfide) groups is 1. The van der Waals surface area contributed by atoms with Crippen molar-refractivity contribution in [1.29, 1.82) is 0 Å². The second-order valence-electron chi connectivity index (χ2n) is 4.06. The van der Waals surface area contributed by atoms with Gasteiger partial charge in [0, 0.05) is 12.3 Å². The van der Waals surface area contributed by atoms with Gasteiger partial charge in [0.25, 0.3) is 0 Å². The average Bonchev–Trinajstić information content (AvgIpc) is 2.36. The Morgan fingerprint density at radius 1 is 1.42 bits per heavy atom. The normalized spacial score (nSPS) is 10.2. The minimum absolute atomic E-state index is 0.0507. The van der Waals surface area contributed by atoms with Crippen molar-refractivity contribution in [2.45, 2.75) is 19.9 Å². The Kier molecular flexibility index (Phi) is 6.35. The van der Waals surface area contributed by atoms with Gasteiger partial charge >= 0.3 is 5.97 Å². The van der Waals surface area contributed by atoms with E-state index in [0.29, 0.717) is 17.9 Å². The molecule has 0 aliphatic rings. The van der Waals surface area contributed by atoms with Gasteiger partial charge in [0.2, 0.25) is 5.91 Å². The number of carboxylic acids is 1. The number of rotatable bonds is 7.